The van der Waals surface area contributed by atoms with Crippen LogP contribution in [0.3, 0.4) is 0 Å². The predicted octanol–water partition coefficient (Wildman–Crippen LogP) is 2.23. The minimum absolute atomic E-state index is 0.577. The fraction of sp³-hybridized carbons (Fsp3) is 0.769. The molecular formula is C13H21N3. The van der Waals surface area contributed by atoms with Crippen LogP contribution in [-0.2, 0) is 13.0 Å². The van der Waals surface area contributed by atoms with Crippen molar-refractivity contribution in [3.63, 3.8) is 0 Å². The Hall–Kier alpha value is -0.830. The normalized spacial score (nSPS) is 30.6. The SMILES string of the molecule is CC1CCn2cc(C3CCCN3C)nc2C1. The highest BCUT2D eigenvalue weighted by Gasteiger charge is 2.27. The standard InChI is InChI=1S/C13H21N3/c1-10-5-7-16-9-11(14-13(16)8-10)12-4-3-6-15(12)2/h9-10,12H,3-8H2,1-2H3. The van der Waals surface area contributed by atoms with Crippen molar-refractivity contribution in [2.24, 2.45) is 5.92 Å². The molecule has 0 N–H and O–H groups in total. The monoisotopic (exact) mass is 219 g/mol. The summed E-state index contributed by atoms with van der Waals surface area (Å²) in [5.74, 6) is 2.12. The largest absolute Gasteiger partial charge is 0.335 e. The average molecular weight is 219 g/mol. The van der Waals surface area contributed by atoms with Crippen LogP contribution in [0.15, 0.2) is 6.20 Å². The molecule has 1 saturated heterocycles. The van der Waals surface area contributed by atoms with Crippen LogP contribution in [0.25, 0.3) is 0 Å². The molecule has 1 aromatic heterocycles. The molecule has 3 heterocycles. The van der Waals surface area contributed by atoms with Crippen LogP contribution in [-0.4, -0.2) is 28.0 Å². The first-order valence-electron chi connectivity index (χ1n) is 6.50. The maximum absolute atomic E-state index is 4.85. The van der Waals surface area contributed by atoms with E-state index >= 15 is 0 Å². The summed E-state index contributed by atoms with van der Waals surface area (Å²) in [5, 5.41) is 0. The smallest absolute Gasteiger partial charge is 0.109 e. The third-order valence-corrected chi connectivity index (χ3v) is 4.13. The van der Waals surface area contributed by atoms with Crippen LogP contribution in [0, 0.1) is 5.92 Å². The maximum Gasteiger partial charge on any atom is 0.109 e. The van der Waals surface area contributed by atoms with Crippen LogP contribution in [0.2, 0.25) is 0 Å². The van der Waals surface area contributed by atoms with Gasteiger partial charge in [-0.15, -0.1) is 0 Å². The Balaban J connectivity index is 1.86. The van der Waals surface area contributed by atoms with Crippen molar-refractivity contribution in [1.29, 1.82) is 0 Å². The van der Waals surface area contributed by atoms with Crippen molar-refractivity contribution in [1.82, 2.24) is 14.5 Å². The van der Waals surface area contributed by atoms with E-state index < -0.39 is 0 Å². The Morgan fingerprint density at radius 2 is 2.19 bits per heavy atom. The molecule has 3 heteroatoms. The van der Waals surface area contributed by atoms with Gasteiger partial charge in [-0.3, -0.25) is 4.90 Å². The van der Waals surface area contributed by atoms with Crippen molar-refractivity contribution in [2.75, 3.05) is 13.6 Å². The summed E-state index contributed by atoms with van der Waals surface area (Å²) in [6, 6.07) is 0.577. The second-order valence-electron chi connectivity index (χ2n) is 5.51. The highest BCUT2D eigenvalue weighted by Crippen LogP contribution is 2.31. The molecule has 3 rings (SSSR count). The zero-order valence-electron chi connectivity index (χ0n) is 10.3. The first kappa shape index (κ1) is 10.3. The molecule has 16 heavy (non-hydrogen) atoms. The predicted molar refractivity (Wildman–Crippen MR) is 64.3 cm³/mol. The number of hydrogen-bond acceptors (Lipinski definition) is 2. The molecule has 2 aliphatic rings. The summed E-state index contributed by atoms with van der Waals surface area (Å²) in [7, 11) is 2.22. The van der Waals surface area contributed by atoms with Crippen molar-refractivity contribution in [2.45, 2.75) is 45.2 Å². The van der Waals surface area contributed by atoms with Crippen molar-refractivity contribution in [3.8, 4) is 0 Å². The molecule has 0 amide bonds. The van der Waals surface area contributed by atoms with E-state index in [-0.39, 0.29) is 0 Å². The number of rotatable bonds is 1. The lowest BCUT2D eigenvalue weighted by Crippen LogP contribution is -2.17. The van der Waals surface area contributed by atoms with Crippen molar-refractivity contribution >= 4 is 0 Å². The van der Waals surface area contributed by atoms with Crippen molar-refractivity contribution in [3.05, 3.63) is 17.7 Å². The number of likely N-dealkylation sites (tertiary alicyclic amines) is 1. The molecule has 3 nitrogen and oxygen atoms in total. The number of aryl methyl sites for hydroxylation is 1. The van der Waals surface area contributed by atoms with E-state index in [1.165, 1.54) is 43.9 Å². The van der Waals surface area contributed by atoms with Crippen LogP contribution in [0.1, 0.15) is 43.7 Å². The summed E-state index contributed by atoms with van der Waals surface area (Å²) in [4.78, 5) is 7.30. The summed E-state index contributed by atoms with van der Waals surface area (Å²) < 4.78 is 2.38. The van der Waals surface area contributed by atoms with Crippen LogP contribution < -0.4 is 0 Å². The van der Waals surface area contributed by atoms with E-state index in [1.807, 2.05) is 0 Å². The molecule has 0 aromatic carbocycles. The van der Waals surface area contributed by atoms with Gasteiger partial charge in [0.2, 0.25) is 0 Å². The molecule has 2 aliphatic heterocycles. The fourth-order valence-electron chi connectivity index (χ4n) is 3.05. The third kappa shape index (κ3) is 1.67. The molecule has 0 bridgehead atoms. The lowest BCUT2D eigenvalue weighted by Gasteiger charge is -2.18. The molecule has 0 aliphatic carbocycles. The van der Waals surface area contributed by atoms with E-state index in [0.717, 1.165) is 12.3 Å². The van der Waals surface area contributed by atoms with Crippen molar-refractivity contribution < 1.29 is 0 Å². The molecule has 1 fully saturated rings. The maximum atomic E-state index is 4.85. The minimum Gasteiger partial charge on any atom is -0.335 e. The molecule has 2 unspecified atom stereocenters. The topological polar surface area (TPSA) is 21.1 Å². The number of imidazole rings is 1. The van der Waals surface area contributed by atoms with Gasteiger partial charge >= 0.3 is 0 Å². The van der Waals surface area contributed by atoms with E-state index in [4.69, 9.17) is 4.98 Å². The molecular weight excluding hydrogens is 198 g/mol. The second kappa shape index (κ2) is 3.88. The van der Waals surface area contributed by atoms with Gasteiger partial charge in [0.15, 0.2) is 0 Å². The second-order valence-corrected chi connectivity index (χ2v) is 5.51. The van der Waals surface area contributed by atoms with Gasteiger partial charge in [0, 0.05) is 19.2 Å². The van der Waals surface area contributed by atoms with Crippen LogP contribution >= 0.6 is 0 Å². The zero-order chi connectivity index (χ0) is 11.1. The summed E-state index contributed by atoms with van der Waals surface area (Å²) in [5.41, 5.74) is 1.31. The van der Waals surface area contributed by atoms with Gasteiger partial charge in [-0.2, -0.15) is 0 Å². The Kier molecular flexibility index (Phi) is 2.51. The Morgan fingerprint density at radius 1 is 1.31 bits per heavy atom. The fourth-order valence-corrected chi connectivity index (χ4v) is 3.05. The molecule has 1 aromatic rings. The lowest BCUT2D eigenvalue weighted by atomic mass is 10.0. The highest BCUT2D eigenvalue weighted by atomic mass is 15.2. The summed E-state index contributed by atoms with van der Waals surface area (Å²) >= 11 is 0. The first-order chi connectivity index (χ1) is 7.74. The summed E-state index contributed by atoms with van der Waals surface area (Å²) in [6.45, 7) is 4.72. The zero-order valence-corrected chi connectivity index (χ0v) is 10.3. The van der Waals surface area contributed by atoms with E-state index in [9.17, 15) is 0 Å². The van der Waals surface area contributed by atoms with Gasteiger partial charge in [-0.05, 0) is 38.8 Å². The Labute approximate surface area is 97.5 Å². The molecule has 2 atom stereocenters. The van der Waals surface area contributed by atoms with Gasteiger partial charge in [0.1, 0.15) is 5.82 Å². The van der Waals surface area contributed by atoms with Gasteiger partial charge in [0.05, 0.1) is 11.7 Å². The van der Waals surface area contributed by atoms with E-state index in [0.29, 0.717) is 6.04 Å². The number of aromatic nitrogens is 2. The lowest BCUT2D eigenvalue weighted by molar-refractivity contribution is 0.312. The minimum atomic E-state index is 0.577. The number of hydrogen-bond donors (Lipinski definition) is 0. The Morgan fingerprint density at radius 3 is 2.94 bits per heavy atom. The third-order valence-electron chi connectivity index (χ3n) is 4.13. The van der Waals surface area contributed by atoms with Gasteiger partial charge in [-0.25, -0.2) is 4.98 Å². The highest BCUT2D eigenvalue weighted by molar-refractivity contribution is 5.12. The van der Waals surface area contributed by atoms with E-state index in [2.05, 4.69) is 29.6 Å². The molecule has 0 radical (unpaired) electrons. The molecule has 0 spiro atoms. The average Bonchev–Trinajstić information content (AvgIpc) is 2.82. The first-order valence-corrected chi connectivity index (χ1v) is 6.50. The quantitative estimate of drug-likeness (QED) is 0.722. The Bertz CT molecular complexity index is 383. The number of nitrogens with zero attached hydrogens (tertiary/aromatic N) is 3. The summed E-state index contributed by atoms with van der Waals surface area (Å²) in [6.07, 6.45) is 7.37. The molecule has 0 saturated carbocycles. The van der Waals surface area contributed by atoms with Crippen LogP contribution in [0.4, 0.5) is 0 Å². The van der Waals surface area contributed by atoms with Crippen LogP contribution in [0.5, 0.6) is 0 Å². The van der Waals surface area contributed by atoms with Gasteiger partial charge < -0.3 is 4.57 Å². The number of fused-ring (bicyclic) bond motifs is 1. The van der Waals surface area contributed by atoms with Gasteiger partial charge in [0.25, 0.3) is 0 Å². The van der Waals surface area contributed by atoms with Gasteiger partial charge in [-0.1, -0.05) is 6.92 Å². The van der Waals surface area contributed by atoms with E-state index in [1.54, 1.807) is 0 Å². The molecule has 88 valence electrons.